The van der Waals surface area contributed by atoms with E-state index >= 15 is 0 Å². The van der Waals surface area contributed by atoms with Gasteiger partial charge in [-0.15, -0.1) is 0 Å². The van der Waals surface area contributed by atoms with Crippen LogP contribution in [0.1, 0.15) is 28.9 Å². The first kappa shape index (κ1) is 17.7. The summed E-state index contributed by atoms with van der Waals surface area (Å²) in [5, 5.41) is 11.8. The van der Waals surface area contributed by atoms with Crippen LogP contribution in [0.2, 0.25) is 0 Å². The van der Waals surface area contributed by atoms with Crippen LogP contribution in [0.4, 0.5) is 11.5 Å². The normalized spacial score (nSPS) is 13.2. The molecule has 0 bridgehead atoms. The topological polar surface area (TPSA) is 81.9 Å². The first-order valence-corrected chi connectivity index (χ1v) is 9.24. The monoisotopic (exact) mass is 369 g/mol. The van der Waals surface area contributed by atoms with E-state index < -0.39 is 0 Å². The molecular formula is C22H19N5O. The summed E-state index contributed by atoms with van der Waals surface area (Å²) in [6.07, 6.45) is 2.24. The molecule has 1 aliphatic rings. The Balaban J connectivity index is 1.67. The largest absolute Gasteiger partial charge is 0.356 e. The summed E-state index contributed by atoms with van der Waals surface area (Å²) in [7, 11) is 0. The van der Waals surface area contributed by atoms with Gasteiger partial charge in [0.15, 0.2) is 5.82 Å². The van der Waals surface area contributed by atoms with E-state index in [2.05, 4.69) is 21.3 Å². The zero-order valence-corrected chi connectivity index (χ0v) is 15.3. The van der Waals surface area contributed by atoms with Crippen LogP contribution in [0.3, 0.4) is 0 Å². The number of nitriles is 1. The van der Waals surface area contributed by atoms with Crippen LogP contribution in [0, 0.1) is 11.3 Å². The summed E-state index contributed by atoms with van der Waals surface area (Å²) in [6.45, 7) is 1.86. The van der Waals surface area contributed by atoms with E-state index in [4.69, 9.17) is 10.2 Å². The zero-order chi connectivity index (χ0) is 19.3. The minimum absolute atomic E-state index is 0.301. The number of aromatic nitrogens is 2. The molecule has 1 saturated heterocycles. The van der Waals surface area contributed by atoms with Gasteiger partial charge in [0.25, 0.3) is 5.91 Å². The molecule has 0 spiro atoms. The van der Waals surface area contributed by atoms with Gasteiger partial charge in [-0.25, -0.2) is 9.97 Å². The lowest BCUT2D eigenvalue weighted by Crippen LogP contribution is -2.22. The van der Waals surface area contributed by atoms with Crippen molar-refractivity contribution in [3.8, 4) is 17.5 Å². The van der Waals surface area contributed by atoms with Gasteiger partial charge in [0.05, 0.1) is 11.6 Å². The Morgan fingerprint density at radius 1 is 1.00 bits per heavy atom. The van der Waals surface area contributed by atoms with Gasteiger partial charge >= 0.3 is 0 Å². The molecular weight excluding hydrogens is 350 g/mol. The summed E-state index contributed by atoms with van der Waals surface area (Å²) < 4.78 is 0. The van der Waals surface area contributed by atoms with Gasteiger partial charge < -0.3 is 10.2 Å². The fraction of sp³-hybridized carbons (Fsp3) is 0.182. The molecule has 1 aliphatic heterocycles. The molecule has 6 nitrogen and oxygen atoms in total. The highest BCUT2D eigenvalue weighted by molar-refractivity contribution is 6.03. The van der Waals surface area contributed by atoms with E-state index in [0.29, 0.717) is 22.8 Å². The average Bonchev–Trinajstić information content (AvgIpc) is 3.30. The van der Waals surface area contributed by atoms with E-state index in [1.54, 1.807) is 30.3 Å². The fourth-order valence-corrected chi connectivity index (χ4v) is 3.20. The number of nitrogens with zero attached hydrogens (tertiary/aromatic N) is 4. The molecule has 1 N–H and O–H groups in total. The number of hydrogen-bond donors (Lipinski definition) is 1. The minimum Gasteiger partial charge on any atom is -0.356 e. The number of benzene rings is 2. The Bertz CT molecular complexity index is 1020. The number of carbonyl (C=O) groups is 1. The Kier molecular flexibility index (Phi) is 4.98. The number of nitrogens with one attached hydrogen (secondary N) is 1. The number of anilines is 2. The average molecular weight is 369 g/mol. The Morgan fingerprint density at radius 3 is 2.39 bits per heavy atom. The zero-order valence-electron chi connectivity index (χ0n) is 15.3. The van der Waals surface area contributed by atoms with E-state index in [9.17, 15) is 4.79 Å². The van der Waals surface area contributed by atoms with Gasteiger partial charge in [-0.2, -0.15) is 5.26 Å². The molecule has 1 amide bonds. The third-order valence-corrected chi connectivity index (χ3v) is 4.68. The lowest BCUT2D eigenvalue weighted by atomic mass is 10.2. The quantitative estimate of drug-likeness (QED) is 0.755. The van der Waals surface area contributed by atoms with Crippen LogP contribution in [-0.2, 0) is 0 Å². The van der Waals surface area contributed by atoms with Crippen molar-refractivity contribution in [2.24, 2.45) is 0 Å². The van der Waals surface area contributed by atoms with Crippen LogP contribution >= 0.6 is 0 Å². The molecule has 1 aromatic heterocycles. The SMILES string of the molecule is N#Cc1ccc(NC(=O)c2cc(N3CCCC3)nc(-c3ccccc3)n2)cc1. The summed E-state index contributed by atoms with van der Waals surface area (Å²) in [4.78, 5) is 24.2. The molecule has 28 heavy (non-hydrogen) atoms. The Hall–Kier alpha value is -3.72. The third kappa shape index (κ3) is 3.84. The molecule has 0 atom stereocenters. The maximum Gasteiger partial charge on any atom is 0.274 e. The molecule has 2 heterocycles. The summed E-state index contributed by atoms with van der Waals surface area (Å²) in [5.41, 5.74) is 2.35. The van der Waals surface area contributed by atoms with Crippen molar-refractivity contribution in [3.05, 3.63) is 71.9 Å². The number of carbonyl (C=O) groups excluding carboxylic acids is 1. The predicted octanol–water partition coefficient (Wildman–Crippen LogP) is 3.87. The molecule has 0 aliphatic carbocycles. The number of hydrogen-bond acceptors (Lipinski definition) is 5. The Morgan fingerprint density at radius 2 is 1.71 bits per heavy atom. The van der Waals surface area contributed by atoms with E-state index in [1.807, 2.05) is 30.3 Å². The van der Waals surface area contributed by atoms with Gasteiger partial charge in [0.1, 0.15) is 11.5 Å². The van der Waals surface area contributed by atoms with Crippen LogP contribution in [-0.4, -0.2) is 29.0 Å². The van der Waals surface area contributed by atoms with Crippen molar-refractivity contribution >= 4 is 17.4 Å². The summed E-state index contributed by atoms with van der Waals surface area (Å²) in [5.74, 6) is 1.01. The molecule has 2 aromatic carbocycles. The van der Waals surface area contributed by atoms with Crippen molar-refractivity contribution in [2.45, 2.75) is 12.8 Å². The maximum absolute atomic E-state index is 12.8. The molecule has 1 fully saturated rings. The van der Waals surface area contributed by atoms with E-state index in [-0.39, 0.29) is 5.91 Å². The molecule has 138 valence electrons. The second kappa shape index (κ2) is 7.89. The van der Waals surface area contributed by atoms with Crippen molar-refractivity contribution in [2.75, 3.05) is 23.3 Å². The smallest absolute Gasteiger partial charge is 0.274 e. The lowest BCUT2D eigenvalue weighted by molar-refractivity contribution is 0.102. The fourth-order valence-electron chi connectivity index (χ4n) is 3.20. The minimum atomic E-state index is -0.301. The highest BCUT2D eigenvalue weighted by atomic mass is 16.1. The molecule has 0 saturated carbocycles. The molecule has 3 aromatic rings. The van der Waals surface area contributed by atoms with Crippen molar-refractivity contribution in [1.82, 2.24) is 9.97 Å². The second-order valence-corrected chi connectivity index (χ2v) is 6.64. The Labute approximate surface area is 163 Å². The standard InChI is InChI=1S/C22H19N5O/c23-15-16-8-10-18(11-9-16)24-22(28)19-14-20(27-12-4-5-13-27)26-21(25-19)17-6-2-1-3-7-17/h1-3,6-11,14H,4-5,12-13H2,(H,24,28). The van der Waals surface area contributed by atoms with E-state index in [1.165, 1.54) is 0 Å². The highest BCUT2D eigenvalue weighted by Crippen LogP contribution is 2.23. The maximum atomic E-state index is 12.8. The van der Waals surface area contributed by atoms with Crippen LogP contribution in [0.5, 0.6) is 0 Å². The van der Waals surface area contributed by atoms with Gasteiger partial charge in [-0.1, -0.05) is 30.3 Å². The number of amides is 1. The van der Waals surface area contributed by atoms with E-state index in [0.717, 1.165) is 37.3 Å². The molecule has 0 unspecified atom stereocenters. The third-order valence-electron chi connectivity index (χ3n) is 4.68. The predicted molar refractivity (Wildman–Crippen MR) is 108 cm³/mol. The van der Waals surface area contributed by atoms with Crippen LogP contribution in [0.25, 0.3) is 11.4 Å². The molecule has 6 heteroatoms. The summed E-state index contributed by atoms with van der Waals surface area (Å²) in [6, 6.07) is 20.2. The van der Waals surface area contributed by atoms with Gasteiger partial charge in [0.2, 0.25) is 0 Å². The first-order valence-electron chi connectivity index (χ1n) is 9.24. The lowest BCUT2D eigenvalue weighted by Gasteiger charge is -2.18. The second-order valence-electron chi connectivity index (χ2n) is 6.64. The molecule has 4 rings (SSSR count). The number of rotatable bonds is 4. The molecule has 0 radical (unpaired) electrons. The van der Waals surface area contributed by atoms with Crippen molar-refractivity contribution in [1.29, 1.82) is 5.26 Å². The van der Waals surface area contributed by atoms with Gasteiger partial charge in [-0.05, 0) is 37.1 Å². The van der Waals surface area contributed by atoms with Crippen molar-refractivity contribution in [3.63, 3.8) is 0 Å². The first-order chi connectivity index (χ1) is 13.7. The van der Waals surface area contributed by atoms with Crippen LogP contribution in [0.15, 0.2) is 60.7 Å². The van der Waals surface area contributed by atoms with Crippen molar-refractivity contribution < 1.29 is 4.79 Å². The van der Waals surface area contributed by atoms with Crippen LogP contribution < -0.4 is 10.2 Å². The highest BCUT2D eigenvalue weighted by Gasteiger charge is 2.19. The van der Waals surface area contributed by atoms with Gasteiger partial charge in [-0.3, -0.25) is 4.79 Å². The van der Waals surface area contributed by atoms with Gasteiger partial charge in [0, 0.05) is 30.4 Å². The summed E-state index contributed by atoms with van der Waals surface area (Å²) >= 11 is 0.